The zero-order valence-corrected chi connectivity index (χ0v) is 18.1. The summed E-state index contributed by atoms with van der Waals surface area (Å²) in [5.74, 6) is 1.11. The Bertz CT molecular complexity index is 1220. The van der Waals surface area contributed by atoms with E-state index in [1.165, 1.54) is 11.1 Å². The van der Waals surface area contributed by atoms with Crippen molar-refractivity contribution in [2.75, 3.05) is 18.4 Å². The maximum atomic E-state index is 12.7. The molecule has 0 bridgehead atoms. The second kappa shape index (κ2) is 7.81. The number of amides is 1. The predicted molar refractivity (Wildman–Crippen MR) is 122 cm³/mol. The number of imidazole rings is 1. The molecule has 3 heterocycles. The van der Waals surface area contributed by atoms with Crippen LogP contribution in [0.5, 0.6) is 0 Å². The lowest BCUT2D eigenvalue weighted by molar-refractivity contribution is -0.121. The zero-order valence-electron chi connectivity index (χ0n) is 17.2. The van der Waals surface area contributed by atoms with Crippen LogP contribution in [0.2, 0.25) is 0 Å². The van der Waals surface area contributed by atoms with Gasteiger partial charge in [0.2, 0.25) is 5.91 Å². The van der Waals surface area contributed by atoms with Crippen LogP contribution >= 0.6 is 11.3 Å². The monoisotopic (exact) mass is 419 g/mol. The molecule has 30 heavy (non-hydrogen) atoms. The second-order valence-electron chi connectivity index (χ2n) is 8.23. The molecule has 0 unspecified atom stereocenters. The molecule has 2 aromatic carbocycles. The van der Waals surface area contributed by atoms with Crippen molar-refractivity contribution in [3.63, 3.8) is 0 Å². The van der Waals surface area contributed by atoms with E-state index in [9.17, 15) is 4.79 Å². The van der Waals surface area contributed by atoms with Gasteiger partial charge in [-0.2, -0.15) is 0 Å². The third-order valence-corrected chi connectivity index (χ3v) is 6.73. The Kier molecular flexibility index (Phi) is 5.00. The molecule has 6 nitrogen and oxygen atoms in total. The molecule has 154 valence electrons. The highest BCUT2D eigenvalue weighted by Crippen LogP contribution is 2.28. The number of fused-ring (bicyclic) bond motifs is 2. The van der Waals surface area contributed by atoms with Crippen LogP contribution in [0, 0.1) is 19.8 Å². The number of aromatic nitrogens is 3. The number of thiazole rings is 1. The summed E-state index contributed by atoms with van der Waals surface area (Å²) in [4.78, 5) is 27.8. The van der Waals surface area contributed by atoms with E-state index in [0.29, 0.717) is 5.13 Å². The molecule has 0 saturated carbocycles. The van der Waals surface area contributed by atoms with Crippen LogP contribution in [0.3, 0.4) is 0 Å². The highest BCUT2D eigenvalue weighted by Gasteiger charge is 2.26. The Balaban J connectivity index is 1.18. The molecule has 1 aliphatic rings. The summed E-state index contributed by atoms with van der Waals surface area (Å²) in [5.41, 5.74) is 5.47. The van der Waals surface area contributed by atoms with E-state index in [1.807, 2.05) is 12.1 Å². The van der Waals surface area contributed by atoms with Gasteiger partial charge in [-0.3, -0.25) is 9.69 Å². The van der Waals surface area contributed by atoms with E-state index >= 15 is 0 Å². The van der Waals surface area contributed by atoms with Crippen molar-refractivity contribution < 1.29 is 4.79 Å². The van der Waals surface area contributed by atoms with Crippen LogP contribution in [0.25, 0.3) is 21.3 Å². The van der Waals surface area contributed by atoms with Gasteiger partial charge < -0.3 is 10.3 Å². The number of hydrogen-bond donors (Lipinski definition) is 2. The van der Waals surface area contributed by atoms with Gasteiger partial charge in [-0.25, -0.2) is 9.97 Å². The van der Waals surface area contributed by atoms with Crippen molar-refractivity contribution in [3.05, 3.63) is 53.3 Å². The second-order valence-corrected chi connectivity index (χ2v) is 9.26. The summed E-state index contributed by atoms with van der Waals surface area (Å²) in [5, 5.41) is 3.73. The lowest BCUT2D eigenvalue weighted by atomic mass is 9.96. The summed E-state index contributed by atoms with van der Waals surface area (Å²) in [6.07, 6.45) is 1.71. The quantitative estimate of drug-likeness (QED) is 0.505. The molecule has 0 radical (unpaired) electrons. The summed E-state index contributed by atoms with van der Waals surface area (Å²) < 4.78 is 1.11. The van der Waals surface area contributed by atoms with E-state index < -0.39 is 0 Å². The van der Waals surface area contributed by atoms with E-state index in [4.69, 9.17) is 4.98 Å². The fourth-order valence-electron chi connectivity index (χ4n) is 4.11. The first-order valence-corrected chi connectivity index (χ1v) is 11.2. The number of carbonyl (C=O) groups is 1. The molecule has 1 amide bonds. The van der Waals surface area contributed by atoms with E-state index in [2.05, 4.69) is 58.3 Å². The molecular weight excluding hydrogens is 394 g/mol. The molecule has 1 aliphatic heterocycles. The topological polar surface area (TPSA) is 73.9 Å². The number of benzene rings is 2. The minimum atomic E-state index is 0.0355. The Morgan fingerprint density at radius 3 is 2.63 bits per heavy atom. The van der Waals surface area contributed by atoms with Crippen molar-refractivity contribution in [1.82, 2.24) is 19.9 Å². The summed E-state index contributed by atoms with van der Waals surface area (Å²) in [7, 11) is 0. The van der Waals surface area contributed by atoms with Crippen molar-refractivity contribution >= 4 is 43.6 Å². The van der Waals surface area contributed by atoms with Crippen LogP contribution in [0.4, 0.5) is 5.13 Å². The van der Waals surface area contributed by atoms with Crippen molar-refractivity contribution in [3.8, 4) is 0 Å². The number of H-pyrrole nitrogens is 1. The number of aromatic amines is 1. The van der Waals surface area contributed by atoms with E-state index in [-0.39, 0.29) is 11.8 Å². The smallest absolute Gasteiger partial charge is 0.229 e. The number of nitrogens with zero attached hydrogens (tertiary/aromatic N) is 3. The highest BCUT2D eigenvalue weighted by atomic mass is 32.1. The zero-order chi connectivity index (χ0) is 20.7. The van der Waals surface area contributed by atoms with Gasteiger partial charge in [0.25, 0.3) is 0 Å². The number of carbonyl (C=O) groups excluding carboxylic acids is 1. The first-order chi connectivity index (χ1) is 14.5. The van der Waals surface area contributed by atoms with Gasteiger partial charge in [0.05, 0.1) is 27.8 Å². The van der Waals surface area contributed by atoms with Crippen molar-refractivity contribution in [2.45, 2.75) is 33.2 Å². The predicted octanol–water partition coefficient (Wildman–Crippen LogP) is 4.64. The van der Waals surface area contributed by atoms with Gasteiger partial charge in [0.15, 0.2) is 5.13 Å². The van der Waals surface area contributed by atoms with Crippen LogP contribution in [-0.4, -0.2) is 38.8 Å². The third kappa shape index (κ3) is 3.95. The van der Waals surface area contributed by atoms with Crippen molar-refractivity contribution in [2.24, 2.45) is 5.92 Å². The number of hydrogen-bond acceptors (Lipinski definition) is 5. The van der Waals surface area contributed by atoms with Crippen molar-refractivity contribution in [1.29, 1.82) is 0 Å². The molecule has 2 N–H and O–H groups in total. The van der Waals surface area contributed by atoms with E-state index in [1.54, 1.807) is 11.3 Å². The van der Waals surface area contributed by atoms with Gasteiger partial charge in [0.1, 0.15) is 5.82 Å². The van der Waals surface area contributed by atoms with E-state index in [0.717, 1.165) is 59.6 Å². The lowest BCUT2D eigenvalue weighted by Crippen LogP contribution is -2.38. The Morgan fingerprint density at radius 1 is 1.10 bits per heavy atom. The lowest BCUT2D eigenvalue weighted by Gasteiger charge is -2.30. The highest BCUT2D eigenvalue weighted by molar-refractivity contribution is 7.22. The van der Waals surface area contributed by atoms with Crippen LogP contribution in [0.15, 0.2) is 36.4 Å². The SMILES string of the molecule is Cc1ccc2nc(CN3CCC(C(=O)Nc4nc5ccc(C)cc5s4)CC3)[nH]c2c1. The third-order valence-electron chi connectivity index (χ3n) is 5.79. The Labute approximate surface area is 179 Å². The number of piperidine rings is 1. The summed E-state index contributed by atoms with van der Waals surface area (Å²) in [6.45, 7) is 6.74. The molecule has 4 aromatic rings. The fraction of sp³-hybridized carbons (Fsp3) is 0.348. The van der Waals surface area contributed by atoms with Crippen LogP contribution in [-0.2, 0) is 11.3 Å². The first kappa shape index (κ1) is 19.2. The molecule has 7 heteroatoms. The summed E-state index contributed by atoms with van der Waals surface area (Å²) in [6, 6.07) is 12.4. The summed E-state index contributed by atoms with van der Waals surface area (Å²) >= 11 is 1.54. The molecule has 0 spiro atoms. The average molecular weight is 420 g/mol. The Hall–Kier alpha value is -2.77. The average Bonchev–Trinajstić information content (AvgIpc) is 3.30. The molecule has 2 aromatic heterocycles. The first-order valence-electron chi connectivity index (χ1n) is 10.4. The molecule has 1 fully saturated rings. The van der Waals surface area contributed by atoms with Crippen LogP contribution < -0.4 is 5.32 Å². The van der Waals surface area contributed by atoms with Gasteiger partial charge in [0, 0.05) is 5.92 Å². The molecule has 1 saturated heterocycles. The number of rotatable bonds is 4. The maximum Gasteiger partial charge on any atom is 0.229 e. The minimum Gasteiger partial charge on any atom is -0.341 e. The maximum absolute atomic E-state index is 12.7. The number of anilines is 1. The molecular formula is C23H25N5OS. The fourth-order valence-corrected chi connectivity index (χ4v) is 5.08. The minimum absolute atomic E-state index is 0.0355. The molecule has 0 atom stereocenters. The van der Waals surface area contributed by atoms with Gasteiger partial charge >= 0.3 is 0 Å². The number of likely N-dealkylation sites (tertiary alicyclic amines) is 1. The van der Waals surface area contributed by atoms with Gasteiger partial charge in [-0.1, -0.05) is 23.5 Å². The largest absolute Gasteiger partial charge is 0.341 e. The number of nitrogens with one attached hydrogen (secondary N) is 2. The Morgan fingerprint density at radius 2 is 1.83 bits per heavy atom. The normalized spacial score (nSPS) is 15.8. The van der Waals surface area contributed by atoms with Gasteiger partial charge in [-0.05, 0) is 75.2 Å². The van der Waals surface area contributed by atoms with Gasteiger partial charge in [-0.15, -0.1) is 0 Å². The van der Waals surface area contributed by atoms with Crippen LogP contribution in [0.1, 0.15) is 29.8 Å². The molecule has 5 rings (SSSR count). The number of aryl methyl sites for hydroxylation is 2. The molecule has 0 aliphatic carbocycles. The standard InChI is InChI=1S/C23H25N5OS/c1-14-3-5-17-19(11-14)25-21(24-17)13-28-9-7-16(8-10-28)22(29)27-23-26-18-6-4-15(2)12-20(18)30-23/h3-6,11-12,16H,7-10,13H2,1-2H3,(H,24,25)(H,26,27,29).